The van der Waals surface area contributed by atoms with Gasteiger partial charge in [-0.2, -0.15) is 0 Å². The van der Waals surface area contributed by atoms with E-state index in [1.165, 1.54) is 17.3 Å². The highest BCUT2D eigenvalue weighted by atomic mass is 32.2. The van der Waals surface area contributed by atoms with Crippen molar-refractivity contribution in [3.05, 3.63) is 29.8 Å². The summed E-state index contributed by atoms with van der Waals surface area (Å²) in [7, 11) is 0. The zero-order chi connectivity index (χ0) is 16.4. The number of carbonyl (C=O) groups is 3. The van der Waals surface area contributed by atoms with E-state index in [4.69, 9.17) is 0 Å². The molecule has 2 saturated heterocycles. The van der Waals surface area contributed by atoms with Crippen LogP contribution in [0.4, 0.5) is 5.69 Å². The Morgan fingerprint density at radius 2 is 2.04 bits per heavy atom. The van der Waals surface area contributed by atoms with Crippen LogP contribution in [0.3, 0.4) is 0 Å². The SMILES string of the molecule is CCc1ccc(N2C[C@@H](C(=O)N[C@@H]3CCSC3=O)CC2=O)cc1. The van der Waals surface area contributed by atoms with Crippen molar-refractivity contribution in [1.82, 2.24) is 5.32 Å². The van der Waals surface area contributed by atoms with Gasteiger partial charge in [-0.3, -0.25) is 14.4 Å². The Bertz CT molecular complexity index is 629. The van der Waals surface area contributed by atoms with Crippen LogP contribution in [0.15, 0.2) is 24.3 Å². The largest absolute Gasteiger partial charge is 0.345 e. The van der Waals surface area contributed by atoms with E-state index in [2.05, 4.69) is 12.2 Å². The maximum Gasteiger partial charge on any atom is 0.227 e. The molecule has 122 valence electrons. The molecule has 1 aromatic carbocycles. The van der Waals surface area contributed by atoms with E-state index in [9.17, 15) is 14.4 Å². The van der Waals surface area contributed by atoms with Gasteiger partial charge in [0.1, 0.15) is 0 Å². The van der Waals surface area contributed by atoms with E-state index in [0.717, 1.165) is 17.9 Å². The van der Waals surface area contributed by atoms with Crippen LogP contribution in [0, 0.1) is 5.92 Å². The lowest BCUT2D eigenvalue weighted by Gasteiger charge is -2.18. The number of anilines is 1. The highest BCUT2D eigenvalue weighted by Gasteiger charge is 2.37. The van der Waals surface area contributed by atoms with Gasteiger partial charge >= 0.3 is 0 Å². The van der Waals surface area contributed by atoms with Crippen LogP contribution < -0.4 is 10.2 Å². The highest BCUT2D eigenvalue weighted by molar-refractivity contribution is 8.14. The summed E-state index contributed by atoms with van der Waals surface area (Å²) in [6.45, 7) is 2.46. The molecule has 2 fully saturated rings. The molecule has 1 N–H and O–H groups in total. The minimum Gasteiger partial charge on any atom is -0.345 e. The summed E-state index contributed by atoms with van der Waals surface area (Å²) >= 11 is 1.26. The molecular weight excluding hydrogens is 312 g/mol. The lowest BCUT2D eigenvalue weighted by molar-refractivity contribution is -0.128. The molecule has 1 aromatic rings. The van der Waals surface area contributed by atoms with Gasteiger partial charge in [-0.15, -0.1) is 0 Å². The fourth-order valence-corrected chi connectivity index (χ4v) is 3.89. The van der Waals surface area contributed by atoms with Gasteiger partial charge in [-0.25, -0.2) is 0 Å². The third kappa shape index (κ3) is 3.42. The van der Waals surface area contributed by atoms with Crippen molar-refractivity contribution in [3.8, 4) is 0 Å². The molecule has 2 aliphatic heterocycles. The van der Waals surface area contributed by atoms with Crippen LogP contribution in [0.2, 0.25) is 0 Å². The van der Waals surface area contributed by atoms with Crippen molar-refractivity contribution in [3.63, 3.8) is 0 Å². The lowest BCUT2D eigenvalue weighted by atomic mass is 10.1. The van der Waals surface area contributed by atoms with E-state index in [1.54, 1.807) is 4.90 Å². The molecule has 0 bridgehead atoms. The average molecular weight is 332 g/mol. The predicted octanol–water partition coefficient (Wildman–Crippen LogP) is 1.75. The Morgan fingerprint density at radius 3 is 2.65 bits per heavy atom. The van der Waals surface area contributed by atoms with E-state index in [0.29, 0.717) is 13.0 Å². The molecule has 0 aromatic heterocycles. The molecule has 23 heavy (non-hydrogen) atoms. The van der Waals surface area contributed by atoms with E-state index in [-0.39, 0.29) is 35.3 Å². The Labute approximate surface area is 139 Å². The van der Waals surface area contributed by atoms with Crippen LogP contribution in [0.5, 0.6) is 0 Å². The van der Waals surface area contributed by atoms with Crippen molar-refractivity contribution >= 4 is 34.4 Å². The van der Waals surface area contributed by atoms with E-state index in [1.807, 2.05) is 24.3 Å². The molecule has 2 aliphatic rings. The van der Waals surface area contributed by atoms with Crippen molar-refractivity contribution < 1.29 is 14.4 Å². The predicted molar refractivity (Wildman–Crippen MR) is 90.3 cm³/mol. The van der Waals surface area contributed by atoms with Crippen LogP contribution in [0.1, 0.15) is 25.3 Å². The first-order valence-corrected chi connectivity index (χ1v) is 8.93. The Kier molecular flexibility index (Phi) is 4.71. The summed E-state index contributed by atoms with van der Waals surface area (Å²) in [5.74, 6) is 0.142. The molecular formula is C17H20N2O3S. The summed E-state index contributed by atoms with van der Waals surface area (Å²) in [6.07, 6.45) is 1.83. The summed E-state index contributed by atoms with van der Waals surface area (Å²) in [5.41, 5.74) is 2.04. The zero-order valence-corrected chi connectivity index (χ0v) is 13.9. The first kappa shape index (κ1) is 16.1. The van der Waals surface area contributed by atoms with Gasteiger partial charge < -0.3 is 10.2 Å². The van der Waals surface area contributed by atoms with Gasteiger partial charge in [0.05, 0.1) is 12.0 Å². The number of thioether (sulfide) groups is 1. The minimum atomic E-state index is -0.388. The van der Waals surface area contributed by atoms with Gasteiger partial charge in [0.2, 0.25) is 16.9 Å². The molecule has 6 heteroatoms. The zero-order valence-electron chi connectivity index (χ0n) is 13.1. The molecule has 2 amide bonds. The quantitative estimate of drug-likeness (QED) is 0.912. The number of benzene rings is 1. The first-order chi connectivity index (χ1) is 11.1. The number of nitrogens with zero attached hydrogens (tertiary/aromatic N) is 1. The second-order valence-electron chi connectivity index (χ2n) is 5.94. The fourth-order valence-electron chi connectivity index (χ4n) is 2.96. The summed E-state index contributed by atoms with van der Waals surface area (Å²) < 4.78 is 0. The van der Waals surface area contributed by atoms with Gasteiger partial charge in [0.25, 0.3) is 0 Å². The van der Waals surface area contributed by atoms with Crippen molar-refractivity contribution in [2.75, 3.05) is 17.2 Å². The monoisotopic (exact) mass is 332 g/mol. The van der Waals surface area contributed by atoms with Crippen LogP contribution in [0.25, 0.3) is 0 Å². The number of amides is 2. The average Bonchev–Trinajstić information content (AvgIpc) is 3.14. The fraction of sp³-hybridized carbons (Fsp3) is 0.471. The van der Waals surface area contributed by atoms with Gasteiger partial charge in [0, 0.05) is 24.4 Å². The van der Waals surface area contributed by atoms with Gasteiger partial charge in [-0.05, 0) is 30.5 Å². The molecule has 0 aliphatic carbocycles. The molecule has 0 spiro atoms. The van der Waals surface area contributed by atoms with Crippen molar-refractivity contribution in [1.29, 1.82) is 0 Å². The van der Waals surface area contributed by atoms with Crippen molar-refractivity contribution in [2.45, 2.75) is 32.2 Å². The van der Waals surface area contributed by atoms with Crippen LogP contribution in [-0.4, -0.2) is 35.3 Å². The molecule has 3 rings (SSSR count). The molecule has 2 heterocycles. The first-order valence-electron chi connectivity index (χ1n) is 7.94. The molecule has 0 unspecified atom stereocenters. The molecule has 0 radical (unpaired) electrons. The highest BCUT2D eigenvalue weighted by Crippen LogP contribution is 2.26. The number of rotatable bonds is 4. The Balaban J connectivity index is 1.64. The standard InChI is InChI=1S/C17H20N2O3S/c1-2-11-3-5-13(6-4-11)19-10-12(9-15(19)20)16(21)18-14-7-8-23-17(14)22/h3-6,12,14H,2,7-10H2,1H3,(H,18,21)/t12-,14+/m0/s1. The maximum absolute atomic E-state index is 12.3. The number of aryl methyl sites for hydroxylation is 1. The van der Waals surface area contributed by atoms with Gasteiger partial charge in [-0.1, -0.05) is 30.8 Å². The van der Waals surface area contributed by atoms with E-state index >= 15 is 0 Å². The maximum atomic E-state index is 12.3. The van der Waals surface area contributed by atoms with E-state index < -0.39 is 0 Å². The second-order valence-corrected chi connectivity index (χ2v) is 7.04. The van der Waals surface area contributed by atoms with Crippen LogP contribution >= 0.6 is 11.8 Å². The van der Waals surface area contributed by atoms with Crippen LogP contribution in [-0.2, 0) is 20.8 Å². The molecule has 2 atom stereocenters. The second kappa shape index (κ2) is 6.74. The third-order valence-electron chi connectivity index (χ3n) is 4.40. The Hall–Kier alpha value is -1.82. The number of hydrogen-bond acceptors (Lipinski definition) is 4. The molecule has 5 nitrogen and oxygen atoms in total. The van der Waals surface area contributed by atoms with Gasteiger partial charge in [0.15, 0.2) is 0 Å². The lowest BCUT2D eigenvalue weighted by Crippen LogP contribution is -2.41. The summed E-state index contributed by atoms with van der Waals surface area (Å²) in [4.78, 5) is 37.8. The smallest absolute Gasteiger partial charge is 0.227 e. The summed E-state index contributed by atoms with van der Waals surface area (Å²) in [5, 5.41) is 2.82. The number of nitrogens with one attached hydrogen (secondary N) is 1. The number of hydrogen-bond donors (Lipinski definition) is 1. The minimum absolute atomic E-state index is 0.0229. The normalized spacial score (nSPS) is 24.3. The number of carbonyl (C=O) groups excluding carboxylic acids is 3. The molecule has 0 saturated carbocycles. The topological polar surface area (TPSA) is 66.5 Å². The van der Waals surface area contributed by atoms with Crippen molar-refractivity contribution in [2.24, 2.45) is 5.92 Å². The summed E-state index contributed by atoms with van der Waals surface area (Å²) in [6, 6.07) is 7.47. The Morgan fingerprint density at radius 1 is 1.30 bits per heavy atom. The third-order valence-corrected chi connectivity index (χ3v) is 5.41.